The summed E-state index contributed by atoms with van der Waals surface area (Å²) < 4.78 is 11.3. The summed E-state index contributed by atoms with van der Waals surface area (Å²) in [6.07, 6.45) is 1.40. The Morgan fingerprint density at radius 2 is 1.69 bits per heavy atom. The minimum atomic E-state index is -0.379. The summed E-state index contributed by atoms with van der Waals surface area (Å²) in [7, 11) is 0. The quantitative estimate of drug-likeness (QED) is 0.747. The van der Waals surface area contributed by atoms with Gasteiger partial charge in [0.05, 0.1) is 19.3 Å². The van der Waals surface area contributed by atoms with Crippen molar-refractivity contribution in [2.45, 2.75) is 60.4 Å². The van der Waals surface area contributed by atoms with Crippen LogP contribution in [0.2, 0.25) is 0 Å². The molecule has 0 radical (unpaired) electrons. The summed E-state index contributed by atoms with van der Waals surface area (Å²) in [5.41, 5.74) is 0.598. The number of carbonyl (C=O) groups excluding carboxylic acids is 2. The van der Waals surface area contributed by atoms with Crippen LogP contribution < -0.4 is 14.8 Å². The van der Waals surface area contributed by atoms with E-state index in [4.69, 9.17) is 9.47 Å². The van der Waals surface area contributed by atoms with Gasteiger partial charge in [-0.2, -0.15) is 0 Å². The fourth-order valence-corrected chi connectivity index (χ4v) is 3.57. The lowest BCUT2D eigenvalue weighted by Crippen LogP contribution is -2.46. The molecule has 0 spiro atoms. The smallest absolute Gasteiger partial charge is 0.227 e. The first-order valence-corrected chi connectivity index (χ1v) is 10.7. The average Bonchev–Trinajstić information content (AvgIpc) is 2.68. The lowest BCUT2D eigenvalue weighted by Gasteiger charge is -2.35. The van der Waals surface area contributed by atoms with Gasteiger partial charge in [-0.15, -0.1) is 0 Å². The van der Waals surface area contributed by atoms with E-state index in [-0.39, 0.29) is 29.2 Å². The first-order valence-electron chi connectivity index (χ1n) is 10.7. The van der Waals surface area contributed by atoms with E-state index in [1.807, 2.05) is 64.6 Å². The molecule has 0 aromatic heterocycles. The summed E-state index contributed by atoms with van der Waals surface area (Å²) in [5.74, 6) is 1.56. The van der Waals surface area contributed by atoms with Crippen LogP contribution in [0.3, 0.4) is 0 Å². The Kier molecular flexibility index (Phi) is 7.94. The molecule has 1 fully saturated rings. The maximum Gasteiger partial charge on any atom is 0.227 e. The first kappa shape index (κ1) is 23.0. The Morgan fingerprint density at radius 1 is 1.10 bits per heavy atom. The predicted molar refractivity (Wildman–Crippen MR) is 114 cm³/mol. The maximum absolute atomic E-state index is 12.8. The van der Waals surface area contributed by atoms with E-state index in [1.165, 1.54) is 0 Å². The van der Waals surface area contributed by atoms with Gasteiger partial charge >= 0.3 is 0 Å². The largest absolute Gasteiger partial charge is 0.490 e. The molecule has 29 heavy (non-hydrogen) atoms. The van der Waals surface area contributed by atoms with Crippen molar-refractivity contribution in [1.82, 2.24) is 10.2 Å². The summed E-state index contributed by atoms with van der Waals surface area (Å²) in [6.45, 7) is 14.0. The number of likely N-dealkylation sites (tertiary alicyclic amines) is 1. The van der Waals surface area contributed by atoms with Crippen LogP contribution in [0.1, 0.15) is 66.0 Å². The molecule has 1 aliphatic rings. The highest BCUT2D eigenvalue weighted by atomic mass is 16.5. The lowest BCUT2D eigenvalue weighted by atomic mass is 9.90. The Balaban J connectivity index is 1.96. The highest BCUT2D eigenvalue weighted by Crippen LogP contribution is 2.31. The predicted octanol–water partition coefficient (Wildman–Crippen LogP) is 3.95. The van der Waals surface area contributed by atoms with E-state index in [0.717, 1.165) is 5.56 Å². The number of piperidine rings is 1. The molecule has 2 amide bonds. The number of hydrogen-bond donors (Lipinski definition) is 1. The van der Waals surface area contributed by atoms with Crippen LogP contribution in [0, 0.1) is 11.3 Å². The third-order valence-corrected chi connectivity index (χ3v) is 5.22. The van der Waals surface area contributed by atoms with Gasteiger partial charge in [-0.25, -0.2) is 0 Å². The molecule has 1 N–H and O–H groups in total. The molecule has 1 aliphatic heterocycles. The second-order valence-electron chi connectivity index (χ2n) is 8.62. The van der Waals surface area contributed by atoms with E-state index in [0.29, 0.717) is 50.6 Å². The minimum absolute atomic E-state index is 0.0483. The average molecular weight is 405 g/mol. The van der Waals surface area contributed by atoms with Crippen molar-refractivity contribution in [2.75, 3.05) is 26.3 Å². The summed E-state index contributed by atoms with van der Waals surface area (Å²) in [4.78, 5) is 27.1. The van der Waals surface area contributed by atoms with Crippen molar-refractivity contribution in [3.05, 3.63) is 23.8 Å². The fourth-order valence-electron chi connectivity index (χ4n) is 3.57. The van der Waals surface area contributed by atoms with Crippen LogP contribution in [-0.2, 0) is 9.59 Å². The minimum Gasteiger partial charge on any atom is -0.490 e. The Hall–Kier alpha value is -2.24. The number of benzene rings is 1. The van der Waals surface area contributed by atoms with Crippen molar-refractivity contribution in [1.29, 1.82) is 0 Å². The molecule has 1 aromatic rings. The van der Waals surface area contributed by atoms with E-state index >= 15 is 0 Å². The van der Waals surface area contributed by atoms with Gasteiger partial charge in [-0.1, -0.05) is 26.8 Å². The highest BCUT2D eigenvalue weighted by Gasteiger charge is 2.32. The number of nitrogens with one attached hydrogen (secondary N) is 1. The van der Waals surface area contributed by atoms with Crippen LogP contribution >= 0.6 is 0 Å². The monoisotopic (exact) mass is 404 g/mol. The molecule has 1 unspecified atom stereocenters. The number of rotatable bonds is 7. The molecular weight excluding hydrogens is 368 g/mol. The second-order valence-corrected chi connectivity index (χ2v) is 8.62. The van der Waals surface area contributed by atoms with Crippen molar-refractivity contribution in [2.24, 2.45) is 11.3 Å². The third-order valence-electron chi connectivity index (χ3n) is 5.22. The highest BCUT2D eigenvalue weighted by molar-refractivity contribution is 5.83. The standard InChI is InChI=1S/C23H36N2O4/c1-7-28-19-10-9-18(15-20(19)29-8-2)16(3)24-21(26)17-11-13-25(14-12-17)22(27)23(4,5)6/h9-10,15-17H,7-8,11-14H2,1-6H3,(H,24,26). The van der Waals surface area contributed by atoms with Crippen molar-refractivity contribution in [3.8, 4) is 11.5 Å². The molecule has 1 heterocycles. The number of ether oxygens (including phenoxy) is 2. The van der Waals surface area contributed by atoms with Crippen molar-refractivity contribution < 1.29 is 19.1 Å². The topological polar surface area (TPSA) is 67.9 Å². The van der Waals surface area contributed by atoms with E-state index in [1.54, 1.807) is 0 Å². The van der Waals surface area contributed by atoms with Crippen LogP contribution in [0.5, 0.6) is 11.5 Å². The van der Waals surface area contributed by atoms with Crippen molar-refractivity contribution >= 4 is 11.8 Å². The van der Waals surface area contributed by atoms with Gasteiger partial charge in [0.15, 0.2) is 11.5 Å². The van der Waals surface area contributed by atoms with Crippen LogP contribution in [0.25, 0.3) is 0 Å². The lowest BCUT2D eigenvalue weighted by molar-refractivity contribution is -0.142. The van der Waals surface area contributed by atoms with E-state index in [2.05, 4.69) is 5.32 Å². The third kappa shape index (κ3) is 6.12. The molecule has 1 atom stereocenters. The molecule has 0 saturated carbocycles. The molecular formula is C23H36N2O4. The van der Waals surface area contributed by atoms with Gasteiger partial charge in [0.1, 0.15) is 0 Å². The van der Waals surface area contributed by atoms with Gasteiger partial charge in [-0.05, 0) is 51.3 Å². The fraction of sp³-hybridized carbons (Fsp3) is 0.652. The Bertz CT molecular complexity index is 703. The maximum atomic E-state index is 12.8. The summed E-state index contributed by atoms with van der Waals surface area (Å²) in [6, 6.07) is 5.66. The SMILES string of the molecule is CCOc1ccc(C(C)NC(=O)C2CCN(C(=O)C(C)(C)C)CC2)cc1OCC. The molecule has 6 nitrogen and oxygen atoms in total. The second kappa shape index (κ2) is 9.99. The number of amides is 2. The van der Waals surface area contributed by atoms with Gasteiger partial charge < -0.3 is 19.7 Å². The molecule has 162 valence electrons. The number of hydrogen-bond acceptors (Lipinski definition) is 4. The molecule has 1 aromatic carbocycles. The van der Waals surface area contributed by atoms with E-state index < -0.39 is 0 Å². The molecule has 2 rings (SSSR count). The van der Waals surface area contributed by atoms with Crippen LogP contribution in [0.15, 0.2) is 18.2 Å². The zero-order chi connectivity index (χ0) is 21.6. The van der Waals surface area contributed by atoms with Gasteiger partial charge in [0.25, 0.3) is 0 Å². The number of nitrogens with zero attached hydrogens (tertiary/aromatic N) is 1. The first-order chi connectivity index (χ1) is 13.7. The number of carbonyl (C=O) groups is 2. The van der Waals surface area contributed by atoms with Gasteiger partial charge in [0, 0.05) is 24.4 Å². The van der Waals surface area contributed by atoms with Gasteiger partial charge in [0.2, 0.25) is 11.8 Å². The van der Waals surface area contributed by atoms with E-state index in [9.17, 15) is 9.59 Å². The molecule has 1 saturated heterocycles. The summed E-state index contributed by atoms with van der Waals surface area (Å²) in [5, 5.41) is 3.12. The van der Waals surface area contributed by atoms with Gasteiger partial charge in [-0.3, -0.25) is 9.59 Å². The van der Waals surface area contributed by atoms with Crippen LogP contribution in [0.4, 0.5) is 0 Å². The summed E-state index contributed by atoms with van der Waals surface area (Å²) >= 11 is 0. The van der Waals surface area contributed by atoms with Crippen LogP contribution in [-0.4, -0.2) is 43.0 Å². The Morgan fingerprint density at radius 3 is 2.24 bits per heavy atom. The zero-order valence-electron chi connectivity index (χ0n) is 18.7. The Labute approximate surface area is 174 Å². The molecule has 6 heteroatoms. The molecule has 0 aliphatic carbocycles. The normalized spacial score (nSPS) is 16.3. The van der Waals surface area contributed by atoms with Crippen molar-refractivity contribution in [3.63, 3.8) is 0 Å². The molecule has 0 bridgehead atoms. The zero-order valence-corrected chi connectivity index (χ0v) is 18.7.